The first-order chi connectivity index (χ1) is 10.3. The molecule has 0 bridgehead atoms. The summed E-state index contributed by atoms with van der Waals surface area (Å²) in [6, 6.07) is 17.7. The van der Waals surface area contributed by atoms with Crippen molar-refractivity contribution in [3.05, 3.63) is 60.2 Å². The first-order valence-corrected chi connectivity index (χ1v) is 7.07. The zero-order valence-corrected chi connectivity index (χ0v) is 11.7. The first-order valence-electron chi connectivity index (χ1n) is 7.07. The van der Waals surface area contributed by atoms with E-state index in [1.54, 1.807) is 4.90 Å². The molecule has 0 radical (unpaired) electrons. The van der Waals surface area contributed by atoms with Crippen LogP contribution in [-0.2, 0) is 4.79 Å². The van der Waals surface area contributed by atoms with E-state index >= 15 is 0 Å². The maximum Gasteiger partial charge on any atom is 0.265 e. The number of benzene rings is 2. The van der Waals surface area contributed by atoms with E-state index in [1.165, 1.54) is 0 Å². The Morgan fingerprint density at radius 1 is 1.10 bits per heavy atom. The predicted octanol–water partition coefficient (Wildman–Crippen LogP) is 2.15. The van der Waals surface area contributed by atoms with Gasteiger partial charge in [-0.2, -0.15) is 0 Å². The van der Waals surface area contributed by atoms with Crippen LogP contribution in [0.4, 0.5) is 5.69 Å². The highest BCUT2D eigenvalue weighted by Crippen LogP contribution is 2.33. The number of nitrogens with zero attached hydrogens (tertiary/aromatic N) is 1. The maximum absolute atomic E-state index is 12.2. The Hall–Kier alpha value is -2.33. The van der Waals surface area contributed by atoms with E-state index in [-0.39, 0.29) is 18.4 Å². The Kier molecular flexibility index (Phi) is 3.88. The number of para-hydroxylation sites is 2. The average Bonchev–Trinajstić information content (AvgIpc) is 2.55. The molecule has 2 aromatic rings. The average molecular weight is 282 g/mol. The first kappa shape index (κ1) is 13.6. The van der Waals surface area contributed by atoms with Gasteiger partial charge in [0.2, 0.25) is 0 Å². The van der Waals surface area contributed by atoms with Crippen LogP contribution in [0, 0.1) is 0 Å². The van der Waals surface area contributed by atoms with E-state index in [9.17, 15) is 4.79 Å². The van der Waals surface area contributed by atoms with E-state index in [0.717, 1.165) is 17.0 Å². The number of nitrogens with two attached hydrogens (primary N) is 1. The second-order valence-electron chi connectivity index (χ2n) is 5.10. The standard InChI is InChI=1S/C17H18N2O2/c18-10-14(13-6-2-1-3-7-13)11-19-15-8-4-5-9-16(15)21-12-17(19)20/h1-9,14H,10-12,18H2. The Morgan fingerprint density at radius 2 is 1.81 bits per heavy atom. The molecule has 21 heavy (non-hydrogen) atoms. The summed E-state index contributed by atoms with van der Waals surface area (Å²) < 4.78 is 5.46. The van der Waals surface area contributed by atoms with Gasteiger partial charge in [0.1, 0.15) is 5.75 Å². The van der Waals surface area contributed by atoms with E-state index < -0.39 is 0 Å². The topological polar surface area (TPSA) is 55.6 Å². The van der Waals surface area contributed by atoms with Crippen molar-refractivity contribution in [2.75, 3.05) is 24.6 Å². The lowest BCUT2D eigenvalue weighted by Gasteiger charge is -2.32. The lowest BCUT2D eigenvalue weighted by molar-refractivity contribution is -0.121. The highest BCUT2D eigenvalue weighted by atomic mass is 16.5. The monoisotopic (exact) mass is 282 g/mol. The summed E-state index contributed by atoms with van der Waals surface area (Å²) in [4.78, 5) is 14.0. The Labute approximate surface area is 124 Å². The second-order valence-corrected chi connectivity index (χ2v) is 5.10. The van der Waals surface area contributed by atoms with Gasteiger partial charge in [-0.3, -0.25) is 4.79 Å². The van der Waals surface area contributed by atoms with Crippen molar-refractivity contribution in [1.82, 2.24) is 0 Å². The van der Waals surface area contributed by atoms with Gasteiger partial charge in [0.05, 0.1) is 5.69 Å². The molecule has 0 spiro atoms. The van der Waals surface area contributed by atoms with E-state index in [1.807, 2.05) is 54.6 Å². The number of rotatable bonds is 4. The Bertz CT molecular complexity index is 628. The number of amides is 1. The van der Waals surface area contributed by atoms with Gasteiger partial charge >= 0.3 is 0 Å². The van der Waals surface area contributed by atoms with Gasteiger partial charge in [-0.05, 0) is 17.7 Å². The summed E-state index contributed by atoms with van der Waals surface area (Å²) in [7, 11) is 0. The molecule has 4 nitrogen and oxygen atoms in total. The molecule has 0 fully saturated rings. The predicted molar refractivity (Wildman–Crippen MR) is 82.5 cm³/mol. The lowest BCUT2D eigenvalue weighted by atomic mass is 9.98. The van der Waals surface area contributed by atoms with Crippen molar-refractivity contribution < 1.29 is 9.53 Å². The van der Waals surface area contributed by atoms with Crippen LogP contribution in [-0.4, -0.2) is 25.6 Å². The largest absolute Gasteiger partial charge is 0.482 e. The number of anilines is 1. The molecule has 0 saturated heterocycles. The Morgan fingerprint density at radius 3 is 2.57 bits per heavy atom. The third kappa shape index (κ3) is 2.76. The van der Waals surface area contributed by atoms with Gasteiger partial charge in [-0.1, -0.05) is 42.5 Å². The number of fused-ring (bicyclic) bond motifs is 1. The normalized spacial score (nSPS) is 15.3. The van der Waals surface area contributed by atoms with Crippen LogP contribution < -0.4 is 15.4 Å². The van der Waals surface area contributed by atoms with E-state index in [4.69, 9.17) is 10.5 Å². The van der Waals surface area contributed by atoms with E-state index in [0.29, 0.717) is 13.1 Å². The highest BCUT2D eigenvalue weighted by molar-refractivity contribution is 5.97. The summed E-state index contributed by atoms with van der Waals surface area (Å²) in [5.74, 6) is 0.838. The van der Waals surface area contributed by atoms with Crippen molar-refractivity contribution >= 4 is 11.6 Å². The number of hydrogen-bond acceptors (Lipinski definition) is 3. The van der Waals surface area contributed by atoms with Gasteiger partial charge in [0.25, 0.3) is 5.91 Å². The minimum atomic E-state index is -0.0249. The van der Waals surface area contributed by atoms with E-state index in [2.05, 4.69) is 0 Å². The number of carbonyl (C=O) groups excluding carboxylic acids is 1. The fourth-order valence-electron chi connectivity index (χ4n) is 2.62. The second kappa shape index (κ2) is 5.97. The minimum absolute atomic E-state index is 0.0249. The third-order valence-electron chi connectivity index (χ3n) is 3.77. The molecule has 3 rings (SSSR count). The third-order valence-corrected chi connectivity index (χ3v) is 3.77. The summed E-state index contributed by atoms with van der Waals surface area (Å²) in [5.41, 5.74) is 7.89. The van der Waals surface area contributed by atoms with Crippen LogP contribution in [0.2, 0.25) is 0 Å². The molecule has 0 aromatic heterocycles. The van der Waals surface area contributed by atoms with Gasteiger partial charge in [-0.15, -0.1) is 0 Å². The van der Waals surface area contributed by atoms with Crippen molar-refractivity contribution in [3.63, 3.8) is 0 Å². The van der Waals surface area contributed by atoms with Gasteiger partial charge < -0.3 is 15.4 Å². The fourth-order valence-corrected chi connectivity index (χ4v) is 2.62. The molecule has 1 unspecified atom stereocenters. The molecule has 0 aliphatic carbocycles. The number of hydrogen-bond donors (Lipinski definition) is 1. The molecule has 2 N–H and O–H groups in total. The summed E-state index contributed by atoms with van der Waals surface area (Å²) in [6.07, 6.45) is 0. The van der Waals surface area contributed by atoms with Crippen LogP contribution >= 0.6 is 0 Å². The summed E-state index contributed by atoms with van der Waals surface area (Å²) in [5, 5.41) is 0. The quantitative estimate of drug-likeness (QED) is 0.935. The Balaban J connectivity index is 1.88. The summed E-state index contributed by atoms with van der Waals surface area (Å²) in [6.45, 7) is 1.15. The molecule has 1 aliphatic rings. The lowest BCUT2D eigenvalue weighted by Crippen LogP contribution is -2.42. The molecule has 1 heterocycles. The highest BCUT2D eigenvalue weighted by Gasteiger charge is 2.27. The molecule has 1 atom stereocenters. The van der Waals surface area contributed by atoms with Crippen molar-refractivity contribution in [2.24, 2.45) is 5.73 Å². The minimum Gasteiger partial charge on any atom is -0.482 e. The molecule has 0 saturated carbocycles. The molecular formula is C17H18N2O2. The van der Waals surface area contributed by atoms with Crippen molar-refractivity contribution in [3.8, 4) is 5.75 Å². The zero-order chi connectivity index (χ0) is 14.7. The van der Waals surface area contributed by atoms with Crippen LogP contribution in [0.1, 0.15) is 11.5 Å². The summed E-state index contributed by atoms with van der Waals surface area (Å²) >= 11 is 0. The molecule has 1 amide bonds. The zero-order valence-electron chi connectivity index (χ0n) is 11.7. The molecule has 2 aromatic carbocycles. The van der Waals surface area contributed by atoms with Crippen LogP contribution in [0.3, 0.4) is 0 Å². The van der Waals surface area contributed by atoms with Crippen LogP contribution in [0.25, 0.3) is 0 Å². The SMILES string of the molecule is NCC(CN1C(=O)COc2ccccc21)c1ccccc1. The fraction of sp³-hybridized carbons (Fsp3) is 0.235. The van der Waals surface area contributed by atoms with Gasteiger partial charge in [0.15, 0.2) is 6.61 Å². The molecule has 4 heteroatoms. The molecule has 1 aliphatic heterocycles. The van der Waals surface area contributed by atoms with Crippen LogP contribution in [0.5, 0.6) is 5.75 Å². The van der Waals surface area contributed by atoms with Gasteiger partial charge in [-0.25, -0.2) is 0 Å². The number of ether oxygens (including phenoxy) is 1. The smallest absolute Gasteiger partial charge is 0.265 e. The van der Waals surface area contributed by atoms with Crippen molar-refractivity contribution in [1.29, 1.82) is 0 Å². The maximum atomic E-state index is 12.2. The van der Waals surface area contributed by atoms with Crippen molar-refractivity contribution in [2.45, 2.75) is 5.92 Å². The number of carbonyl (C=O) groups is 1. The molecule has 108 valence electrons. The van der Waals surface area contributed by atoms with Gasteiger partial charge in [0, 0.05) is 19.0 Å². The van der Waals surface area contributed by atoms with Crippen LogP contribution in [0.15, 0.2) is 54.6 Å². The molecular weight excluding hydrogens is 264 g/mol.